The lowest BCUT2D eigenvalue weighted by Gasteiger charge is -2.14. The molecule has 118 valence electrons. The number of aromatic nitrogens is 4. The molecule has 1 N–H and O–H groups in total. The smallest absolute Gasteiger partial charge is 0.256 e. The van der Waals surface area contributed by atoms with Gasteiger partial charge in [-0.05, 0) is 25.0 Å². The van der Waals surface area contributed by atoms with E-state index >= 15 is 0 Å². The predicted molar refractivity (Wildman–Crippen MR) is 82.7 cm³/mol. The Labute approximate surface area is 134 Å². The summed E-state index contributed by atoms with van der Waals surface area (Å²) in [6, 6.07) is 3.62. The van der Waals surface area contributed by atoms with Gasteiger partial charge >= 0.3 is 0 Å². The Balaban J connectivity index is 1.39. The molecule has 0 saturated heterocycles. The van der Waals surface area contributed by atoms with Gasteiger partial charge < -0.3 is 5.32 Å². The third kappa shape index (κ3) is 1.97. The Morgan fingerprint density at radius 2 is 2.26 bits per heavy atom. The van der Waals surface area contributed by atoms with Crippen LogP contribution in [-0.2, 0) is 0 Å². The van der Waals surface area contributed by atoms with Crippen LogP contribution in [0.15, 0.2) is 30.7 Å². The van der Waals surface area contributed by atoms with Crippen molar-refractivity contribution in [1.29, 1.82) is 0 Å². The lowest BCUT2D eigenvalue weighted by Crippen LogP contribution is -2.23. The summed E-state index contributed by atoms with van der Waals surface area (Å²) in [4.78, 5) is 9.34. The molecule has 0 amide bonds. The van der Waals surface area contributed by atoms with Crippen molar-refractivity contribution in [3.05, 3.63) is 30.7 Å². The number of halogens is 2. The van der Waals surface area contributed by atoms with E-state index in [2.05, 4.69) is 20.4 Å². The molecule has 0 aromatic carbocycles. The normalized spacial score (nSPS) is 28.0. The molecule has 2 aliphatic carbocycles. The van der Waals surface area contributed by atoms with Gasteiger partial charge in [0.05, 0.1) is 17.8 Å². The molecular weight excluding hydrogens is 320 g/mol. The van der Waals surface area contributed by atoms with Gasteiger partial charge in [-0.3, -0.25) is 4.98 Å². The third-order valence-electron chi connectivity index (χ3n) is 4.79. The summed E-state index contributed by atoms with van der Waals surface area (Å²) in [5.74, 6) is -3.44. The van der Waals surface area contributed by atoms with Gasteiger partial charge in [0.1, 0.15) is 0 Å². The van der Waals surface area contributed by atoms with Crippen LogP contribution in [0.3, 0.4) is 0 Å². The molecule has 0 bridgehead atoms. The molecule has 3 aromatic heterocycles. The largest absolute Gasteiger partial charge is 0.357 e. The van der Waals surface area contributed by atoms with Crippen LogP contribution in [0.4, 0.5) is 13.9 Å². The Bertz CT molecular complexity index is 843. The fraction of sp³-hybridized carbons (Fsp3) is 0.400. The van der Waals surface area contributed by atoms with Gasteiger partial charge in [0.2, 0.25) is 10.1 Å². The van der Waals surface area contributed by atoms with Crippen LogP contribution in [0.2, 0.25) is 0 Å². The Morgan fingerprint density at radius 1 is 1.35 bits per heavy atom. The minimum Gasteiger partial charge on any atom is -0.357 e. The van der Waals surface area contributed by atoms with Crippen molar-refractivity contribution in [2.24, 2.45) is 11.8 Å². The molecule has 3 aromatic rings. The van der Waals surface area contributed by atoms with E-state index in [9.17, 15) is 8.78 Å². The SMILES string of the molecule is FC1(F)C2CCC(Nc3nn4cc(-c5cccnc5)nc4s3)C21. The molecule has 0 aliphatic heterocycles. The van der Waals surface area contributed by atoms with E-state index in [4.69, 9.17) is 0 Å². The van der Waals surface area contributed by atoms with Crippen molar-refractivity contribution in [2.75, 3.05) is 5.32 Å². The van der Waals surface area contributed by atoms with Gasteiger partial charge in [-0.25, -0.2) is 18.3 Å². The number of alkyl halides is 2. The van der Waals surface area contributed by atoms with Gasteiger partial charge in [-0.2, -0.15) is 0 Å². The lowest BCUT2D eigenvalue weighted by atomic mass is 10.1. The zero-order chi connectivity index (χ0) is 15.6. The molecule has 3 unspecified atom stereocenters. The molecule has 3 atom stereocenters. The molecule has 0 spiro atoms. The average molecular weight is 333 g/mol. The van der Waals surface area contributed by atoms with E-state index in [1.807, 2.05) is 18.3 Å². The van der Waals surface area contributed by atoms with Gasteiger partial charge in [0, 0.05) is 29.9 Å². The molecule has 2 aliphatic rings. The number of imidazole rings is 1. The number of fused-ring (bicyclic) bond motifs is 2. The summed E-state index contributed by atoms with van der Waals surface area (Å²) in [7, 11) is 0. The van der Waals surface area contributed by atoms with Crippen LogP contribution in [0.1, 0.15) is 12.8 Å². The molecule has 2 fully saturated rings. The second kappa shape index (κ2) is 4.47. The number of hydrogen-bond acceptors (Lipinski definition) is 5. The summed E-state index contributed by atoms with van der Waals surface area (Å²) >= 11 is 1.38. The summed E-state index contributed by atoms with van der Waals surface area (Å²) in [5, 5.41) is 8.25. The third-order valence-corrected chi connectivity index (χ3v) is 5.65. The first-order valence-electron chi connectivity index (χ1n) is 7.54. The van der Waals surface area contributed by atoms with Gasteiger partial charge in [-0.1, -0.05) is 11.3 Å². The standard InChI is InChI=1S/C15H13F2N5S/c16-15(17)9-3-4-10(12(9)15)19-13-21-22-7-11(20-14(22)23-13)8-2-1-5-18-6-8/h1-2,5-7,9-10,12H,3-4H2,(H,19,21). The van der Waals surface area contributed by atoms with Gasteiger partial charge in [-0.15, -0.1) is 5.10 Å². The zero-order valence-electron chi connectivity index (χ0n) is 12.0. The minimum atomic E-state index is -2.49. The fourth-order valence-electron chi connectivity index (χ4n) is 3.61. The zero-order valence-corrected chi connectivity index (χ0v) is 12.8. The monoisotopic (exact) mass is 333 g/mol. The van der Waals surface area contributed by atoms with Gasteiger partial charge in [0.25, 0.3) is 5.92 Å². The van der Waals surface area contributed by atoms with Crippen LogP contribution < -0.4 is 5.32 Å². The number of hydrogen-bond donors (Lipinski definition) is 1. The van der Waals surface area contributed by atoms with E-state index in [1.165, 1.54) is 11.3 Å². The van der Waals surface area contributed by atoms with Crippen molar-refractivity contribution in [3.8, 4) is 11.3 Å². The van der Waals surface area contributed by atoms with Crippen LogP contribution in [0.5, 0.6) is 0 Å². The van der Waals surface area contributed by atoms with Crippen molar-refractivity contribution < 1.29 is 8.78 Å². The summed E-state index contributed by atoms with van der Waals surface area (Å²) in [6.45, 7) is 0. The Morgan fingerprint density at radius 3 is 2.96 bits per heavy atom. The van der Waals surface area contributed by atoms with Crippen molar-refractivity contribution in [3.63, 3.8) is 0 Å². The van der Waals surface area contributed by atoms with Crippen LogP contribution in [-0.4, -0.2) is 31.5 Å². The maximum atomic E-state index is 13.5. The molecule has 5 rings (SSSR count). The topological polar surface area (TPSA) is 55.1 Å². The minimum absolute atomic E-state index is 0.177. The Kier molecular flexibility index (Phi) is 2.60. The van der Waals surface area contributed by atoms with E-state index in [-0.39, 0.29) is 6.04 Å². The van der Waals surface area contributed by atoms with Gasteiger partial charge in [0.15, 0.2) is 0 Å². The van der Waals surface area contributed by atoms with E-state index in [1.54, 1.807) is 16.9 Å². The molecular formula is C15H13F2N5S. The van der Waals surface area contributed by atoms with Crippen molar-refractivity contribution in [1.82, 2.24) is 19.6 Å². The first kappa shape index (κ1) is 13.4. The average Bonchev–Trinajstić information content (AvgIpc) is 2.98. The first-order valence-corrected chi connectivity index (χ1v) is 8.35. The highest BCUT2D eigenvalue weighted by Gasteiger charge is 2.73. The molecule has 2 saturated carbocycles. The molecule has 0 radical (unpaired) electrons. The number of nitrogens with zero attached hydrogens (tertiary/aromatic N) is 4. The maximum Gasteiger partial charge on any atom is 0.256 e. The van der Waals surface area contributed by atoms with Crippen LogP contribution in [0.25, 0.3) is 16.2 Å². The highest BCUT2D eigenvalue weighted by molar-refractivity contribution is 7.20. The fourth-order valence-corrected chi connectivity index (χ4v) is 4.45. The number of pyridine rings is 1. The van der Waals surface area contributed by atoms with E-state index in [0.717, 1.165) is 22.6 Å². The summed E-state index contributed by atoms with van der Waals surface area (Å²) < 4.78 is 28.7. The first-order chi connectivity index (χ1) is 11.1. The molecule has 3 heterocycles. The second-order valence-electron chi connectivity index (χ2n) is 6.14. The highest BCUT2D eigenvalue weighted by Crippen LogP contribution is 2.64. The second-order valence-corrected chi connectivity index (χ2v) is 7.09. The Hall–Kier alpha value is -2.09. The summed E-state index contributed by atoms with van der Waals surface area (Å²) in [5.41, 5.74) is 1.73. The predicted octanol–water partition coefficient (Wildman–Crippen LogP) is 3.31. The molecule has 5 nitrogen and oxygen atoms in total. The van der Waals surface area contributed by atoms with Crippen LogP contribution >= 0.6 is 11.3 Å². The number of nitrogens with one attached hydrogen (secondary N) is 1. The summed E-state index contributed by atoms with van der Waals surface area (Å²) in [6.07, 6.45) is 6.68. The van der Waals surface area contributed by atoms with E-state index in [0.29, 0.717) is 11.6 Å². The van der Waals surface area contributed by atoms with Crippen molar-refractivity contribution >= 4 is 21.4 Å². The van der Waals surface area contributed by atoms with Crippen LogP contribution in [0, 0.1) is 11.8 Å². The number of rotatable bonds is 3. The van der Waals surface area contributed by atoms with E-state index < -0.39 is 17.8 Å². The molecule has 8 heteroatoms. The molecule has 23 heavy (non-hydrogen) atoms. The van der Waals surface area contributed by atoms with Crippen molar-refractivity contribution in [2.45, 2.75) is 24.8 Å². The quantitative estimate of drug-likeness (QED) is 0.799. The maximum absolute atomic E-state index is 13.5. The highest BCUT2D eigenvalue weighted by atomic mass is 32.1. The number of anilines is 1. The lowest BCUT2D eigenvalue weighted by molar-refractivity contribution is 0.0703.